The third kappa shape index (κ3) is 4.01. The molecule has 0 spiro atoms. The van der Waals surface area contributed by atoms with E-state index in [9.17, 15) is 4.79 Å². The number of urea groups is 1. The van der Waals surface area contributed by atoms with Crippen molar-refractivity contribution < 1.29 is 9.53 Å². The van der Waals surface area contributed by atoms with Gasteiger partial charge in [-0.3, -0.25) is 0 Å². The van der Waals surface area contributed by atoms with Gasteiger partial charge < -0.3 is 15.4 Å². The molecule has 0 atom stereocenters. The number of hydrogen-bond donors (Lipinski definition) is 2. The molecular formula is C19H21ClN2O2. The Morgan fingerprint density at radius 1 is 1.21 bits per heavy atom. The number of nitrogens with one attached hydrogen (secondary N) is 2. The predicted molar refractivity (Wildman–Crippen MR) is 95.6 cm³/mol. The summed E-state index contributed by atoms with van der Waals surface area (Å²) in [6.07, 6.45) is 2.67. The lowest BCUT2D eigenvalue weighted by atomic mass is 10.1. The maximum Gasteiger partial charge on any atom is 0.315 e. The van der Waals surface area contributed by atoms with Crippen LogP contribution in [0.4, 0.5) is 4.79 Å². The summed E-state index contributed by atoms with van der Waals surface area (Å²) in [6, 6.07) is 15.4. The van der Waals surface area contributed by atoms with Crippen LogP contribution in [0.1, 0.15) is 24.0 Å². The van der Waals surface area contributed by atoms with E-state index in [4.69, 9.17) is 16.3 Å². The molecule has 1 saturated carbocycles. The fourth-order valence-corrected chi connectivity index (χ4v) is 3.01. The summed E-state index contributed by atoms with van der Waals surface area (Å²) in [4.78, 5) is 12.2. The lowest BCUT2D eigenvalue weighted by Crippen LogP contribution is -2.42. The molecule has 0 aromatic heterocycles. The second-order valence-corrected chi connectivity index (χ2v) is 6.51. The zero-order valence-electron chi connectivity index (χ0n) is 13.6. The summed E-state index contributed by atoms with van der Waals surface area (Å²) in [5.74, 6) is 0.820. The van der Waals surface area contributed by atoms with Crippen molar-refractivity contribution in [2.75, 3.05) is 13.7 Å². The fourth-order valence-electron chi connectivity index (χ4n) is 2.80. The van der Waals surface area contributed by atoms with E-state index in [1.54, 1.807) is 7.11 Å². The molecule has 0 bridgehead atoms. The van der Waals surface area contributed by atoms with Crippen LogP contribution in [0.2, 0.25) is 5.02 Å². The number of halogens is 1. The number of ether oxygens (including phenoxy) is 1. The average molecular weight is 345 g/mol. The van der Waals surface area contributed by atoms with Crippen LogP contribution >= 0.6 is 11.6 Å². The maximum atomic E-state index is 12.2. The maximum absolute atomic E-state index is 12.2. The van der Waals surface area contributed by atoms with Crippen molar-refractivity contribution in [3.63, 3.8) is 0 Å². The number of methoxy groups -OCH3 is 1. The van der Waals surface area contributed by atoms with Crippen LogP contribution < -0.4 is 15.4 Å². The van der Waals surface area contributed by atoms with Crippen LogP contribution in [0.5, 0.6) is 5.75 Å². The number of hydrogen-bond acceptors (Lipinski definition) is 2. The molecule has 2 amide bonds. The molecule has 2 aromatic carbocycles. The van der Waals surface area contributed by atoms with Crippen molar-refractivity contribution in [1.29, 1.82) is 0 Å². The van der Waals surface area contributed by atoms with Gasteiger partial charge in [0.2, 0.25) is 0 Å². The van der Waals surface area contributed by atoms with Gasteiger partial charge >= 0.3 is 6.03 Å². The average Bonchev–Trinajstić information content (AvgIpc) is 3.35. The van der Waals surface area contributed by atoms with Gasteiger partial charge in [-0.1, -0.05) is 35.9 Å². The minimum atomic E-state index is -0.230. The van der Waals surface area contributed by atoms with Gasteiger partial charge in [0.15, 0.2) is 0 Å². The van der Waals surface area contributed by atoms with Crippen LogP contribution in [-0.4, -0.2) is 19.7 Å². The quantitative estimate of drug-likeness (QED) is 0.835. The second-order valence-electron chi connectivity index (χ2n) is 6.07. The number of rotatable bonds is 6. The molecule has 126 valence electrons. The van der Waals surface area contributed by atoms with Crippen molar-refractivity contribution in [2.45, 2.75) is 24.8 Å². The highest BCUT2D eigenvalue weighted by Gasteiger charge is 2.45. The molecule has 24 heavy (non-hydrogen) atoms. The van der Waals surface area contributed by atoms with E-state index in [0.717, 1.165) is 36.1 Å². The fraction of sp³-hybridized carbons (Fsp3) is 0.316. The first kappa shape index (κ1) is 16.7. The summed E-state index contributed by atoms with van der Waals surface area (Å²) in [5, 5.41) is 6.74. The number of amides is 2. The Morgan fingerprint density at radius 3 is 2.58 bits per heavy atom. The van der Waals surface area contributed by atoms with Crippen LogP contribution in [0.25, 0.3) is 0 Å². The number of carbonyl (C=O) groups excluding carboxylic acids is 1. The predicted octanol–water partition coefficient (Wildman–Crippen LogP) is 3.88. The first-order valence-electron chi connectivity index (χ1n) is 8.06. The summed E-state index contributed by atoms with van der Waals surface area (Å²) >= 11 is 5.96. The molecule has 0 aliphatic heterocycles. The first-order chi connectivity index (χ1) is 11.6. The van der Waals surface area contributed by atoms with Gasteiger partial charge in [0.1, 0.15) is 5.75 Å². The molecule has 5 heteroatoms. The summed E-state index contributed by atoms with van der Waals surface area (Å²) in [5.41, 5.74) is 2.00. The Kier molecular flexibility index (Phi) is 4.95. The van der Waals surface area contributed by atoms with Crippen LogP contribution in [-0.2, 0) is 12.0 Å². The molecular weight excluding hydrogens is 324 g/mol. The minimum Gasteiger partial charge on any atom is -0.497 e. The molecule has 3 rings (SSSR count). The van der Waals surface area contributed by atoms with Gasteiger partial charge in [-0.25, -0.2) is 4.79 Å². The van der Waals surface area contributed by atoms with Gasteiger partial charge in [0.25, 0.3) is 0 Å². The molecule has 1 aliphatic rings. The molecule has 0 radical (unpaired) electrons. The Balaban J connectivity index is 1.51. The molecule has 1 aliphatic carbocycles. The molecule has 2 N–H and O–H groups in total. The van der Waals surface area contributed by atoms with E-state index < -0.39 is 0 Å². The SMILES string of the molecule is COc1ccc(C2(NC(=O)NCCc3cccc(Cl)c3)CC2)cc1. The van der Waals surface area contributed by atoms with E-state index >= 15 is 0 Å². The highest BCUT2D eigenvalue weighted by atomic mass is 35.5. The summed E-state index contributed by atoms with van der Waals surface area (Å²) in [7, 11) is 1.65. The zero-order valence-corrected chi connectivity index (χ0v) is 14.4. The van der Waals surface area contributed by atoms with E-state index in [1.807, 2.05) is 48.5 Å². The lowest BCUT2D eigenvalue weighted by Gasteiger charge is -2.19. The van der Waals surface area contributed by atoms with E-state index in [2.05, 4.69) is 10.6 Å². The van der Waals surface area contributed by atoms with E-state index in [1.165, 1.54) is 0 Å². The van der Waals surface area contributed by atoms with Gasteiger partial charge in [-0.2, -0.15) is 0 Å². The Labute approximate surface area is 147 Å². The van der Waals surface area contributed by atoms with Gasteiger partial charge in [0, 0.05) is 11.6 Å². The van der Waals surface area contributed by atoms with Crippen molar-refractivity contribution in [1.82, 2.24) is 10.6 Å². The monoisotopic (exact) mass is 344 g/mol. The molecule has 0 saturated heterocycles. The molecule has 1 fully saturated rings. The first-order valence-corrected chi connectivity index (χ1v) is 8.44. The van der Waals surface area contributed by atoms with Crippen molar-refractivity contribution in [3.05, 3.63) is 64.7 Å². The number of benzene rings is 2. The van der Waals surface area contributed by atoms with Crippen molar-refractivity contribution in [2.24, 2.45) is 0 Å². The van der Waals surface area contributed by atoms with Crippen molar-refractivity contribution in [3.8, 4) is 5.75 Å². The summed E-state index contributed by atoms with van der Waals surface area (Å²) in [6.45, 7) is 0.574. The normalized spacial score (nSPS) is 14.8. The third-order valence-electron chi connectivity index (χ3n) is 4.33. The standard InChI is InChI=1S/C19H21ClN2O2/c1-24-17-7-5-15(6-8-17)19(10-11-19)22-18(23)21-12-9-14-3-2-4-16(20)13-14/h2-8,13H,9-12H2,1H3,(H2,21,22,23). The lowest BCUT2D eigenvalue weighted by molar-refractivity contribution is 0.236. The Morgan fingerprint density at radius 2 is 1.96 bits per heavy atom. The zero-order chi connectivity index (χ0) is 17.0. The molecule has 2 aromatic rings. The van der Waals surface area contributed by atoms with Crippen molar-refractivity contribution >= 4 is 17.6 Å². The Hall–Kier alpha value is -2.20. The topological polar surface area (TPSA) is 50.4 Å². The van der Waals surface area contributed by atoms with Gasteiger partial charge in [0.05, 0.1) is 12.6 Å². The van der Waals surface area contributed by atoms with Gasteiger partial charge in [-0.15, -0.1) is 0 Å². The third-order valence-corrected chi connectivity index (χ3v) is 4.57. The van der Waals surface area contributed by atoms with Crippen LogP contribution in [0, 0.1) is 0 Å². The summed E-state index contributed by atoms with van der Waals surface area (Å²) < 4.78 is 5.18. The number of carbonyl (C=O) groups is 1. The largest absolute Gasteiger partial charge is 0.497 e. The Bertz CT molecular complexity index is 712. The van der Waals surface area contributed by atoms with Gasteiger partial charge in [-0.05, 0) is 54.7 Å². The van der Waals surface area contributed by atoms with E-state index in [-0.39, 0.29) is 11.6 Å². The van der Waals surface area contributed by atoms with E-state index in [0.29, 0.717) is 11.6 Å². The highest BCUT2D eigenvalue weighted by molar-refractivity contribution is 6.30. The van der Waals surface area contributed by atoms with Crippen LogP contribution in [0.15, 0.2) is 48.5 Å². The second kappa shape index (κ2) is 7.14. The molecule has 0 unspecified atom stereocenters. The smallest absolute Gasteiger partial charge is 0.315 e. The highest BCUT2D eigenvalue weighted by Crippen LogP contribution is 2.45. The minimum absolute atomic E-state index is 0.134. The molecule has 0 heterocycles. The van der Waals surface area contributed by atoms with Crippen LogP contribution in [0.3, 0.4) is 0 Å². The molecule has 4 nitrogen and oxygen atoms in total.